The van der Waals surface area contributed by atoms with Crippen molar-refractivity contribution in [2.24, 2.45) is 0 Å². The molecule has 1 aliphatic rings. The van der Waals surface area contributed by atoms with E-state index in [1.54, 1.807) is 30.6 Å². The van der Waals surface area contributed by atoms with E-state index in [1.165, 1.54) is 4.88 Å². The second-order valence-electron chi connectivity index (χ2n) is 6.22. The van der Waals surface area contributed by atoms with Gasteiger partial charge in [0.15, 0.2) is 5.82 Å². The fourth-order valence-electron chi connectivity index (χ4n) is 3.21. The number of thiophene rings is 1. The zero-order valence-corrected chi connectivity index (χ0v) is 15.3. The Morgan fingerprint density at radius 3 is 3.04 bits per heavy atom. The minimum Gasteiger partial charge on any atom is -0.496 e. The van der Waals surface area contributed by atoms with Crippen LogP contribution in [0, 0.1) is 0 Å². The molecule has 1 unspecified atom stereocenters. The maximum absolute atomic E-state index is 12.6. The molecule has 26 heavy (non-hydrogen) atoms. The lowest BCUT2D eigenvalue weighted by Gasteiger charge is -2.16. The molecule has 7 heteroatoms. The molecule has 0 radical (unpaired) electrons. The quantitative estimate of drug-likeness (QED) is 0.726. The molecule has 6 nitrogen and oxygen atoms in total. The van der Waals surface area contributed by atoms with Crippen LogP contribution in [0.4, 0.5) is 5.82 Å². The number of aromatic amines is 1. The van der Waals surface area contributed by atoms with Gasteiger partial charge in [0.25, 0.3) is 5.91 Å². The van der Waals surface area contributed by atoms with Gasteiger partial charge in [-0.2, -0.15) is 5.10 Å². The van der Waals surface area contributed by atoms with Crippen molar-refractivity contribution in [1.29, 1.82) is 0 Å². The highest BCUT2D eigenvalue weighted by molar-refractivity contribution is 7.13. The number of anilines is 1. The lowest BCUT2D eigenvalue weighted by molar-refractivity contribution is 0.0937. The Kier molecular flexibility index (Phi) is 4.62. The van der Waals surface area contributed by atoms with Crippen LogP contribution in [0.3, 0.4) is 0 Å². The van der Waals surface area contributed by atoms with Crippen LogP contribution < -0.4 is 15.0 Å². The van der Waals surface area contributed by atoms with Crippen LogP contribution in [0.2, 0.25) is 0 Å². The van der Waals surface area contributed by atoms with Gasteiger partial charge in [-0.1, -0.05) is 18.2 Å². The van der Waals surface area contributed by atoms with Crippen molar-refractivity contribution in [3.63, 3.8) is 0 Å². The molecule has 2 N–H and O–H groups in total. The van der Waals surface area contributed by atoms with E-state index >= 15 is 0 Å². The molecular weight excluding hydrogens is 348 g/mol. The first-order valence-electron chi connectivity index (χ1n) is 8.52. The van der Waals surface area contributed by atoms with Crippen LogP contribution in [0.1, 0.15) is 16.8 Å². The van der Waals surface area contributed by atoms with Crippen molar-refractivity contribution in [1.82, 2.24) is 15.5 Å². The zero-order chi connectivity index (χ0) is 17.9. The van der Waals surface area contributed by atoms with Crippen LogP contribution in [0.25, 0.3) is 10.6 Å². The molecule has 0 aliphatic carbocycles. The van der Waals surface area contributed by atoms with Crippen LogP contribution in [-0.2, 0) is 0 Å². The number of carbonyl (C=O) groups is 1. The summed E-state index contributed by atoms with van der Waals surface area (Å²) in [6.45, 7) is 1.61. The third kappa shape index (κ3) is 3.30. The topological polar surface area (TPSA) is 70.2 Å². The number of rotatable bonds is 5. The number of ether oxygens (including phenoxy) is 1. The fraction of sp³-hybridized carbons (Fsp3) is 0.263. The highest BCUT2D eigenvalue weighted by Crippen LogP contribution is 2.27. The Bertz CT molecular complexity index is 891. The van der Waals surface area contributed by atoms with Crippen molar-refractivity contribution >= 4 is 23.1 Å². The number of nitrogens with one attached hydrogen (secondary N) is 2. The third-order valence-corrected chi connectivity index (χ3v) is 5.45. The average molecular weight is 368 g/mol. The SMILES string of the molecule is COc1ccccc1C(=O)NC1CCN(c2cc(-c3cccs3)[nH]n2)C1. The first kappa shape index (κ1) is 16.7. The molecule has 1 saturated heterocycles. The summed E-state index contributed by atoms with van der Waals surface area (Å²) in [5.74, 6) is 1.41. The number of H-pyrrole nitrogens is 1. The molecule has 4 rings (SSSR count). The maximum atomic E-state index is 12.6. The van der Waals surface area contributed by atoms with Crippen LogP contribution in [0.5, 0.6) is 5.75 Å². The number of nitrogens with zero attached hydrogens (tertiary/aromatic N) is 2. The molecule has 0 spiro atoms. The first-order valence-corrected chi connectivity index (χ1v) is 9.40. The van der Waals surface area contributed by atoms with Gasteiger partial charge in [0, 0.05) is 25.2 Å². The number of aromatic nitrogens is 2. The monoisotopic (exact) mass is 368 g/mol. The first-order chi connectivity index (χ1) is 12.7. The van der Waals surface area contributed by atoms with Gasteiger partial charge in [-0.15, -0.1) is 11.3 Å². The van der Waals surface area contributed by atoms with Gasteiger partial charge in [-0.05, 0) is 30.0 Å². The Morgan fingerprint density at radius 1 is 1.35 bits per heavy atom. The number of methoxy groups -OCH3 is 1. The van der Waals surface area contributed by atoms with Crippen molar-refractivity contribution in [3.8, 4) is 16.3 Å². The Labute approximate surface area is 155 Å². The Morgan fingerprint density at radius 2 is 2.23 bits per heavy atom. The van der Waals surface area contributed by atoms with Gasteiger partial charge in [0.2, 0.25) is 0 Å². The molecule has 1 aromatic carbocycles. The summed E-state index contributed by atoms with van der Waals surface area (Å²) in [5, 5.41) is 12.7. The van der Waals surface area contributed by atoms with Crippen LogP contribution in [-0.4, -0.2) is 42.3 Å². The predicted molar refractivity (Wildman–Crippen MR) is 103 cm³/mol. The van der Waals surface area contributed by atoms with Crippen molar-refractivity contribution in [2.45, 2.75) is 12.5 Å². The van der Waals surface area contributed by atoms with Gasteiger partial charge >= 0.3 is 0 Å². The average Bonchev–Trinajstić information content (AvgIpc) is 3.41. The largest absolute Gasteiger partial charge is 0.496 e. The summed E-state index contributed by atoms with van der Waals surface area (Å²) in [5.41, 5.74) is 1.59. The zero-order valence-electron chi connectivity index (χ0n) is 14.4. The third-order valence-electron chi connectivity index (χ3n) is 4.55. The summed E-state index contributed by atoms with van der Waals surface area (Å²) in [4.78, 5) is 15.9. The van der Waals surface area contributed by atoms with Gasteiger partial charge in [-0.3, -0.25) is 9.89 Å². The molecule has 1 amide bonds. The molecule has 1 fully saturated rings. The van der Waals surface area contributed by atoms with Crippen molar-refractivity contribution < 1.29 is 9.53 Å². The number of benzene rings is 1. The second kappa shape index (κ2) is 7.21. The van der Waals surface area contributed by atoms with Gasteiger partial charge < -0.3 is 15.0 Å². The van der Waals surface area contributed by atoms with Gasteiger partial charge in [-0.25, -0.2) is 0 Å². The molecule has 1 aliphatic heterocycles. The number of hydrogen-bond acceptors (Lipinski definition) is 5. The summed E-state index contributed by atoms with van der Waals surface area (Å²) in [6.07, 6.45) is 0.891. The predicted octanol–water partition coefficient (Wildman–Crippen LogP) is 3.16. The molecule has 1 atom stereocenters. The van der Waals surface area contributed by atoms with Crippen molar-refractivity contribution in [2.75, 3.05) is 25.1 Å². The molecule has 2 aromatic heterocycles. The van der Waals surface area contributed by atoms with Crippen LogP contribution >= 0.6 is 11.3 Å². The fourth-order valence-corrected chi connectivity index (χ4v) is 3.91. The standard InChI is InChI=1S/C19H20N4O2S/c1-25-16-6-3-2-5-14(16)19(24)20-13-8-9-23(12-13)18-11-15(21-22-18)17-7-4-10-26-17/h2-7,10-11,13H,8-9,12H2,1H3,(H,20,24)(H,21,22). The number of amides is 1. The van der Waals surface area contributed by atoms with E-state index in [0.29, 0.717) is 11.3 Å². The molecule has 134 valence electrons. The van der Waals surface area contributed by atoms with E-state index in [4.69, 9.17) is 4.74 Å². The van der Waals surface area contributed by atoms with E-state index in [2.05, 4.69) is 37.9 Å². The Hall–Kier alpha value is -2.80. The second-order valence-corrected chi connectivity index (χ2v) is 7.17. The van der Waals surface area contributed by atoms with E-state index in [9.17, 15) is 4.79 Å². The van der Waals surface area contributed by atoms with Gasteiger partial charge in [0.1, 0.15) is 5.75 Å². The normalized spacial score (nSPS) is 16.7. The number of carbonyl (C=O) groups excluding carboxylic acids is 1. The summed E-state index contributed by atoms with van der Waals surface area (Å²) in [7, 11) is 1.58. The molecule has 3 aromatic rings. The number of hydrogen-bond donors (Lipinski definition) is 2. The minimum atomic E-state index is -0.101. The van der Waals surface area contributed by atoms with E-state index in [0.717, 1.165) is 31.0 Å². The number of para-hydroxylation sites is 1. The maximum Gasteiger partial charge on any atom is 0.255 e. The molecule has 0 saturated carbocycles. The van der Waals surface area contributed by atoms with Gasteiger partial charge in [0.05, 0.1) is 23.2 Å². The highest BCUT2D eigenvalue weighted by atomic mass is 32.1. The van der Waals surface area contributed by atoms with Crippen LogP contribution in [0.15, 0.2) is 47.8 Å². The molecule has 3 heterocycles. The van der Waals surface area contributed by atoms with E-state index in [1.807, 2.05) is 18.2 Å². The summed E-state index contributed by atoms with van der Waals surface area (Å²) in [6, 6.07) is 13.5. The summed E-state index contributed by atoms with van der Waals surface area (Å²) < 4.78 is 5.28. The Balaban J connectivity index is 1.40. The minimum absolute atomic E-state index is 0.0919. The van der Waals surface area contributed by atoms with Crippen molar-refractivity contribution in [3.05, 3.63) is 53.4 Å². The molecular formula is C19H20N4O2S. The lowest BCUT2D eigenvalue weighted by Crippen LogP contribution is -2.37. The smallest absolute Gasteiger partial charge is 0.255 e. The highest BCUT2D eigenvalue weighted by Gasteiger charge is 2.26. The lowest BCUT2D eigenvalue weighted by atomic mass is 10.1. The summed E-state index contributed by atoms with van der Waals surface area (Å²) >= 11 is 1.68. The van der Waals surface area contributed by atoms with E-state index < -0.39 is 0 Å². The molecule has 0 bridgehead atoms. The van der Waals surface area contributed by atoms with E-state index in [-0.39, 0.29) is 11.9 Å².